The van der Waals surface area contributed by atoms with Crippen LogP contribution >= 0.6 is 15.9 Å². The number of carbonyl (C=O) groups is 1. The van der Waals surface area contributed by atoms with E-state index in [0.29, 0.717) is 13.1 Å². The molecule has 1 aliphatic heterocycles. The van der Waals surface area contributed by atoms with E-state index in [0.717, 1.165) is 29.9 Å². The van der Waals surface area contributed by atoms with E-state index < -0.39 is 10.0 Å². The van der Waals surface area contributed by atoms with Gasteiger partial charge in [0.1, 0.15) is 5.75 Å². The lowest BCUT2D eigenvalue weighted by molar-refractivity contribution is -0.132. The summed E-state index contributed by atoms with van der Waals surface area (Å²) < 4.78 is 33.1. The number of benzene rings is 2. The predicted molar refractivity (Wildman–Crippen MR) is 119 cm³/mol. The van der Waals surface area contributed by atoms with Crippen molar-refractivity contribution in [3.05, 3.63) is 58.6 Å². The Morgan fingerprint density at radius 1 is 1.03 bits per heavy atom. The number of halogens is 1. The fraction of sp³-hybridized carbons (Fsp3) is 0.381. The first-order valence-electron chi connectivity index (χ1n) is 9.76. The number of carbonyl (C=O) groups excluding carboxylic acids is 1. The molecule has 0 radical (unpaired) electrons. The zero-order valence-corrected chi connectivity index (χ0v) is 19.3. The van der Waals surface area contributed by atoms with Crippen molar-refractivity contribution in [3.8, 4) is 5.75 Å². The summed E-state index contributed by atoms with van der Waals surface area (Å²) in [5.41, 5.74) is 1.21. The van der Waals surface area contributed by atoms with Gasteiger partial charge in [-0.3, -0.25) is 9.69 Å². The van der Waals surface area contributed by atoms with Gasteiger partial charge in [-0.1, -0.05) is 28.1 Å². The quantitative estimate of drug-likeness (QED) is 0.608. The number of methoxy groups -OCH3 is 1. The third kappa shape index (κ3) is 6.28. The highest BCUT2D eigenvalue weighted by Gasteiger charge is 2.22. The molecule has 1 fully saturated rings. The van der Waals surface area contributed by atoms with Gasteiger partial charge < -0.3 is 9.64 Å². The zero-order valence-electron chi connectivity index (χ0n) is 16.9. The van der Waals surface area contributed by atoms with E-state index in [1.54, 1.807) is 24.1 Å². The molecule has 1 aliphatic rings. The molecule has 0 bridgehead atoms. The molecule has 2 aromatic carbocycles. The van der Waals surface area contributed by atoms with E-state index in [2.05, 4.69) is 25.6 Å². The molecule has 1 heterocycles. The maximum atomic E-state index is 12.5. The van der Waals surface area contributed by atoms with Crippen molar-refractivity contribution < 1.29 is 17.9 Å². The van der Waals surface area contributed by atoms with E-state index >= 15 is 0 Å². The number of piperazine rings is 1. The van der Waals surface area contributed by atoms with E-state index in [1.807, 2.05) is 24.3 Å². The number of nitrogens with zero attached hydrogens (tertiary/aromatic N) is 2. The van der Waals surface area contributed by atoms with Crippen LogP contribution in [0.2, 0.25) is 0 Å². The summed E-state index contributed by atoms with van der Waals surface area (Å²) in [4.78, 5) is 16.7. The second kappa shape index (κ2) is 10.4. The summed E-state index contributed by atoms with van der Waals surface area (Å²) >= 11 is 3.28. The van der Waals surface area contributed by atoms with Crippen LogP contribution < -0.4 is 9.46 Å². The number of rotatable bonds is 8. The van der Waals surface area contributed by atoms with Crippen molar-refractivity contribution in [2.24, 2.45) is 0 Å². The third-order valence-electron chi connectivity index (χ3n) is 5.05. The third-order valence-corrected chi connectivity index (χ3v) is 7.05. The first kappa shape index (κ1) is 22.7. The van der Waals surface area contributed by atoms with E-state index in [9.17, 15) is 13.2 Å². The van der Waals surface area contributed by atoms with Crippen LogP contribution in [0.4, 0.5) is 0 Å². The Kier molecular flexibility index (Phi) is 7.87. The Balaban J connectivity index is 1.41. The van der Waals surface area contributed by atoms with Gasteiger partial charge in [0.25, 0.3) is 0 Å². The minimum Gasteiger partial charge on any atom is -0.497 e. The molecule has 0 saturated carbocycles. The molecule has 30 heavy (non-hydrogen) atoms. The van der Waals surface area contributed by atoms with Crippen LogP contribution in [0.3, 0.4) is 0 Å². The van der Waals surface area contributed by atoms with Crippen LogP contribution in [-0.2, 0) is 21.4 Å². The lowest BCUT2D eigenvalue weighted by atomic mass is 10.2. The molecule has 2 aromatic rings. The van der Waals surface area contributed by atoms with Crippen LogP contribution in [-0.4, -0.2) is 64.0 Å². The highest BCUT2D eigenvalue weighted by molar-refractivity contribution is 9.10. The molecule has 0 aromatic heterocycles. The molecule has 162 valence electrons. The number of hydrogen-bond donors (Lipinski definition) is 1. The Morgan fingerprint density at radius 3 is 2.27 bits per heavy atom. The van der Waals surface area contributed by atoms with Crippen molar-refractivity contribution in [2.45, 2.75) is 17.9 Å². The van der Waals surface area contributed by atoms with Gasteiger partial charge >= 0.3 is 0 Å². The average molecular weight is 496 g/mol. The van der Waals surface area contributed by atoms with Crippen molar-refractivity contribution in [1.82, 2.24) is 14.5 Å². The summed E-state index contributed by atoms with van der Waals surface area (Å²) in [6, 6.07) is 14.4. The molecular weight excluding hydrogens is 470 g/mol. The lowest BCUT2D eigenvalue weighted by Gasteiger charge is -2.34. The fourth-order valence-electron chi connectivity index (χ4n) is 3.29. The zero-order chi connectivity index (χ0) is 21.6. The second-order valence-corrected chi connectivity index (χ2v) is 9.79. The maximum absolute atomic E-state index is 12.5. The Morgan fingerprint density at radius 2 is 1.67 bits per heavy atom. The molecule has 1 N–H and O–H groups in total. The van der Waals surface area contributed by atoms with Gasteiger partial charge in [-0.25, -0.2) is 13.1 Å². The number of sulfonamides is 1. The molecule has 0 aliphatic carbocycles. The van der Waals surface area contributed by atoms with Gasteiger partial charge in [0.15, 0.2) is 0 Å². The standard InChI is InChI=1S/C21H26BrN3O4S/c1-29-19-6-2-17(3-7-19)16-24-12-14-25(15-13-24)21(26)10-11-23-30(27,28)20-8-4-18(22)5-9-20/h2-9,23H,10-16H2,1H3. The van der Waals surface area contributed by atoms with Gasteiger partial charge in [-0.2, -0.15) is 0 Å². The summed E-state index contributed by atoms with van der Waals surface area (Å²) in [5, 5.41) is 0. The predicted octanol–water partition coefficient (Wildman–Crippen LogP) is 2.47. The van der Waals surface area contributed by atoms with Gasteiger partial charge in [0.05, 0.1) is 12.0 Å². The topological polar surface area (TPSA) is 79.0 Å². The second-order valence-electron chi connectivity index (χ2n) is 7.11. The van der Waals surface area contributed by atoms with Crippen LogP contribution in [0.25, 0.3) is 0 Å². The highest BCUT2D eigenvalue weighted by Crippen LogP contribution is 2.16. The average Bonchev–Trinajstić information content (AvgIpc) is 2.75. The van der Waals surface area contributed by atoms with E-state index in [4.69, 9.17) is 4.74 Å². The lowest BCUT2D eigenvalue weighted by Crippen LogP contribution is -2.48. The summed E-state index contributed by atoms with van der Waals surface area (Å²) in [5.74, 6) is 0.808. The van der Waals surface area contributed by atoms with E-state index in [-0.39, 0.29) is 23.8 Å². The Bertz CT molecular complexity index is 941. The number of nitrogens with one attached hydrogen (secondary N) is 1. The SMILES string of the molecule is COc1ccc(CN2CCN(C(=O)CCNS(=O)(=O)c3ccc(Br)cc3)CC2)cc1. The van der Waals surface area contributed by atoms with Gasteiger partial charge in [-0.05, 0) is 42.0 Å². The van der Waals surface area contributed by atoms with Crippen LogP contribution in [0.5, 0.6) is 5.75 Å². The minimum atomic E-state index is -3.61. The molecule has 1 saturated heterocycles. The largest absolute Gasteiger partial charge is 0.497 e. The highest BCUT2D eigenvalue weighted by atomic mass is 79.9. The minimum absolute atomic E-state index is 0.0300. The van der Waals surface area contributed by atoms with Crippen molar-refractivity contribution in [3.63, 3.8) is 0 Å². The monoisotopic (exact) mass is 495 g/mol. The number of amides is 1. The maximum Gasteiger partial charge on any atom is 0.240 e. The van der Waals surface area contributed by atoms with Gasteiger partial charge in [-0.15, -0.1) is 0 Å². The van der Waals surface area contributed by atoms with Gasteiger partial charge in [0.2, 0.25) is 15.9 Å². The van der Waals surface area contributed by atoms with Crippen molar-refractivity contribution >= 4 is 31.9 Å². The molecular formula is C21H26BrN3O4S. The smallest absolute Gasteiger partial charge is 0.240 e. The summed E-state index contributed by atoms with van der Waals surface area (Å²) in [6.45, 7) is 3.80. The summed E-state index contributed by atoms with van der Waals surface area (Å²) in [7, 11) is -1.96. The molecule has 9 heteroatoms. The Hall–Kier alpha value is -1.94. The van der Waals surface area contributed by atoms with Crippen LogP contribution in [0.1, 0.15) is 12.0 Å². The van der Waals surface area contributed by atoms with Crippen molar-refractivity contribution in [1.29, 1.82) is 0 Å². The normalized spacial score (nSPS) is 15.2. The molecule has 3 rings (SSSR count). The number of hydrogen-bond acceptors (Lipinski definition) is 5. The molecule has 0 spiro atoms. The fourth-order valence-corrected chi connectivity index (χ4v) is 4.59. The molecule has 1 amide bonds. The Labute approximate surface area is 186 Å². The first-order chi connectivity index (χ1) is 14.4. The summed E-state index contributed by atoms with van der Waals surface area (Å²) in [6.07, 6.45) is 0.147. The first-order valence-corrected chi connectivity index (χ1v) is 12.0. The molecule has 0 unspecified atom stereocenters. The van der Waals surface area contributed by atoms with Gasteiger partial charge in [0, 0.05) is 50.2 Å². The number of ether oxygens (including phenoxy) is 1. The van der Waals surface area contributed by atoms with Crippen LogP contribution in [0.15, 0.2) is 57.9 Å². The van der Waals surface area contributed by atoms with Crippen molar-refractivity contribution in [2.75, 3.05) is 39.8 Å². The van der Waals surface area contributed by atoms with Crippen LogP contribution in [0, 0.1) is 0 Å². The molecule has 7 nitrogen and oxygen atoms in total. The molecule has 0 atom stereocenters. The van der Waals surface area contributed by atoms with E-state index in [1.165, 1.54) is 17.7 Å².